The number of hydrogen-bond donors (Lipinski definition) is 2. The summed E-state index contributed by atoms with van der Waals surface area (Å²) >= 11 is 0. The van der Waals surface area contributed by atoms with Crippen molar-refractivity contribution in [2.75, 3.05) is 46.8 Å². The molecule has 0 aromatic carbocycles. The molecule has 0 spiro atoms. The Balaban J connectivity index is 2.42. The lowest BCUT2D eigenvalue weighted by Gasteiger charge is -2.33. The minimum Gasteiger partial charge on any atom is -0.480 e. The average molecular weight is 201 g/mol. The van der Waals surface area contributed by atoms with Gasteiger partial charge in [0.05, 0.1) is 0 Å². The number of carbonyl (C=O) groups is 1. The van der Waals surface area contributed by atoms with Crippen LogP contribution in [-0.4, -0.2) is 73.7 Å². The van der Waals surface area contributed by atoms with Crippen molar-refractivity contribution in [2.45, 2.75) is 6.04 Å². The zero-order valence-electron chi connectivity index (χ0n) is 8.86. The number of hydrogen-bond acceptors (Lipinski definition) is 4. The number of likely N-dealkylation sites (N-methyl/N-ethyl adjacent to an activating group) is 1. The van der Waals surface area contributed by atoms with E-state index < -0.39 is 5.97 Å². The van der Waals surface area contributed by atoms with Gasteiger partial charge in [-0.25, -0.2) is 0 Å². The molecular formula is C9H19N3O2. The van der Waals surface area contributed by atoms with Crippen LogP contribution in [0.4, 0.5) is 0 Å². The molecule has 0 bridgehead atoms. The molecule has 1 aliphatic heterocycles. The van der Waals surface area contributed by atoms with Crippen LogP contribution in [0.3, 0.4) is 0 Å². The lowest BCUT2D eigenvalue weighted by atomic mass is 10.2. The molecule has 1 fully saturated rings. The highest BCUT2D eigenvalue weighted by Crippen LogP contribution is 2.02. The second-order valence-electron chi connectivity index (χ2n) is 3.90. The molecule has 0 aliphatic carbocycles. The number of carboxylic acid groups (broad SMARTS) is 1. The van der Waals surface area contributed by atoms with E-state index in [4.69, 9.17) is 5.11 Å². The number of piperazine rings is 1. The quantitative estimate of drug-likeness (QED) is 0.605. The molecule has 1 saturated heterocycles. The Morgan fingerprint density at radius 1 is 1.64 bits per heavy atom. The first kappa shape index (κ1) is 11.4. The molecule has 1 aliphatic rings. The van der Waals surface area contributed by atoms with E-state index in [-0.39, 0.29) is 6.04 Å². The Hall–Kier alpha value is -0.650. The molecule has 1 unspecified atom stereocenters. The van der Waals surface area contributed by atoms with Gasteiger partial charge in [-0.3, -0.25) is 9.69 Å². The van der Waals surface area contributed by atoms with Crippen LogP contribution in [0.5, 0.6) is 0 Å². The first-order valence-electron chi connectivity index (χ1n) is 4.93. The summed E-state index contributed by atoms with van der Waals surface area (Å²) in [4.78, 5) is 15.0. The zero-order valence-corrected chi connectivity index (χ0v) is 8.86. The summed E-state index contributed by atoms with van der Waals surface area (Å²) < 4.78 is 0. The molecule has 1 atom stereocenters. The minimum atomic E-state index is -0.726. The number of rotatable bonds is 4. The van der Waals surface area contributed by atoms with Crippen LogP contribution in [0.2, 0.25) is 0 Å². The van der Waals surface area contributed by atoms with E-state index in [0.29, 0.717) is 6.54 Å². The summed E-state index contributed by atoms with van der Waals surface area (Å²) in [6, 6.07) is -0.358. The summed E-state index contributed by atoms with van der Waals surface area (Å²) in [6.07, 6.45) is 0. The minimum absolute atomic E-state index is 0.358. The number of aliphatic carboxylic acids is 1. The van der Waals surface area contributed by atoms with Crippen molar-refractivity contribution in [3.05, 3.63) is 0 Å². The number of carboxylic acids is 1. The highest BCUT2D eigenvalue weighted by Gasteiger charge is 2.27. The van der Waals surface area contributed by atoms with Crippen molar-refractivity contribution in [3.8, 4) is 0 Å². The third-order valence-electron chi connectivity index (χ3n) is 2.47. The smallest absolute Gasteiger partial charge is 0.322 e. The van der Waals surface area contributed by atoms with Gasteiger partial charge in [0.15, 0.2) is 0 Å². The summed E-state index contributed by atoms with van der Waals surface area (Å²) in [5, 5.41) is 12.1. The largest absolute Gasteiger partial charge is 0.480 e. The fourth-order valence-corrected chi connectivity index (χ4v) is 1.59. The normalized spacial score (nSPS) is 24.1. The van der Waals surface area contributed by atoms with Crippen LogP contribution in [0, 0.1) is 0 Å². The van der Waals surface area contributed by atoms with Crippen LogP contribution in [0.25, 0.3) is 0 Å². The van der Waals surface area contributed by atoms with E-state index in [2.05, 4.69) is 10.2 Å². The molecule has 0 aromatic rings. The van der Waals surface area contributed by atoms with Gasteiger partial charge < -0.3 is 15.3 Å². The van der Waals surface area contributed by atoms with E-state index in [9.17, 15) is 4.79 Å². The second kappa shape index (κ2) is 5.29. The zero-order chi connectivity index (χ0) is 10.6. The van der Waals surface area contributed by atoms with E-state index in [1.165, 1.54) is 0 Å². The summed E-state index contributed by atoms with van der Waals surface area (Å²) in [5.74, 6) is -0.726. The van der Waals surface area contributed by atoms with Gasteiger partial charge in [0.2, 0.25) is 0 Å². The number of nitrogens with one attached hydrogen (secondary N) is 1. The maximum Gasteiger partial charge on any atom is 0.322 e. The number of nitrogens with zero attached hydrogens (tertiary/aromatic N) is 2. The molecule has 82 valence electrons. The SMILES string of the molecule is CN(C)CCN1CCNCC1C(=O)O. The van der Waals surface area contributed by atoms with Crippen molar-refractivity contribution in [3.63, 3.8) is 0 Å². The molecular weight excluding hydrogens is 182 g/mol. The van der Waals surface area contributed by atoms with Gasteiger partial charge >= 0.3 is 5.97 Å². The molecule has 5 nitrogen and oxygen atoms in total. The Morgan fingerprint density at radius 3 is 2.93 bits per heavy atom. The molecule has 5 heteroatoms. The highest BCUT2D eigenvalue weighted by atomic mass is 16.4. The van der Waals surface area contributed by atoms with Crippen molar-refractivity contribution in [2.24, 2.45) is 0 Å². The first-order valence-corrected chi connectivity index (χ1v) is 4.93. The predicted octanol–water partition coefficient (Wildman–Crippen LogP) is -1.09. The molecule has 1 heterocycles. The van der Waals surface area contributed by atoms with Crippen LogP contribution in [0.15, 0.2) is 0 Å². The first-order chi connectivity index (χ1) is 6.61. The van der Waals surface area contributed by atoms with Crippen LogP contribution in [0.1, 0.15) is 0 Å². The van der Waals surface area contributed by atoms with Gasteiger partial charge in [0.1, 0.15) is 6.04 Å². The van der Waals surface area contributed by atoms with Crippen molar-refractivity contribution < 1.29 is 9.90 Å². The predicted molar refractivity (Wildman–Crippen MR) is 54.4 cm³/mol. The van der Waals surface area contributed by atoms with E-state index >= 15 is 0 Å². The van der Waals surface area contributed by atoms with Gasteiger partial charge in [-0.2, -0.15) is 0 Å². The Bertz CT molecular complexity index is 196. The van der Waals surface area contributed by atoms with E-state index in [1.807, 2.05) is 19.0 Å². The lowest BCUT2D eigenvalue weighted by Crippen LogP contribution is -2.56. The van der Waals surface area contributed by atoms with E-state index in [1.54, 1.807) is 0 Å². The molecule has 0 radical (unpaired) electrons. The topological polar surface area (TPSA) is 55.8 Å². The third kappa shape index (κ3) is 3.25. The summed E-state index contributed by atoms with van der Waals surface area (Å²) in [6.45, 7) is 4.00. The van der Waals surface area contributed by atoms with Crippen molar-refractivity contribution >= 4 is 5.97 Å². The highest BCUT2D eigenvalue weighted by molar-refractivity contribution is 5.73. The van der Waals surface area contributed by atoms with E-state index in [0.717, 1.165) is 26.2 Å². The molecule has 0 saturated carbocycles. The van der Waals surface area contributed by atoms with Crippen LogP contribution >= 0.6 is 0 Å². The Labute approximate surface area is 84.7 Å². The van der Waals surface area contributed by atoms with Crippen LogP contribution in [-0.2, 0) is 4.79 Å². The van der Waals surface area contributed by atoms with Gasteiger partial charge in [0.25, 0.3) is 0 Å². The fraction of sp³-hybridized carbons (Fsp3) is 0.889. The Kier molecular flexibility index (Phi) is 4.31. The molecule has 0 amide bonds. The van der Waals surface area contributed by atoms with Gasteiger partial charge in [0, 0.05) is 32.7 Å². The van der Waals surface area contributed by atoms with Gasteiger partial charge in [-0.15, -0.1) is 0 Å². The van der Waals surface area contributed by atoms with Crippen molar-refractivity contribution in [1.29, 1.82) is 0 Å². The van der Waals surface area contributed by atoms with Crippen LogP contribution < -0.4 is 5.32 Å². The summed E-state index contributed by atoms with van der Waals surface area (Å²) in [5.41, 5.74) is 0. The fourth-order valence-electron chi connectivity index (χ4n) is 1.59. The molecule has 14 heavy (non-hydrogen) atoms. The third-order valence-corrected chi connectivity index (χ3v) is 2.47. The molecule has 1 rings (SSSR count). The maximum atomic E-state index is 10.9. The lowest BCUT2D eigenvalue weighted by molar-refractivity contribution is -0.144. The van der Waals surface area contributed by atoms with Crippen molar-refractivity contribution in [1.82, 2.24) is 15.1 Å². The average Bonchev–Trinajstić information content (AvgIpc) is 2.15. The second-order valence-corrected chi connectivity index (χ2v) is 3.90. The van der Waals surface area contributed by atoms with Gasteiger partial charge in [-0.1, -0.05) is 0 Å². The standard InChI is InChI=1S/C9H19N3O2/c1-11(2)5-6-12-4-3-10-7-8(12)9(13)14/h8,10H,3-7H2,1-2H3,(H,13,14). The van der Waals surface area contributed by atoms with Gasteiger partial charge in [-0.05, 0) is 14.1 Å². The Morgan fingerprint density at radius 2 is 2.36 bits per heavy atom. The molecule has 0 aromatic heterocycles. The monoisotopic (exact) mass is 201 g/mol. The maximum absolute atomic E-state index is 10.9. The molecule has 2 N–H and O–H groups in total. The summed E-state index contributed by atoms with van der Waals surface area (Å²) in [7, 11) is 4.00.